The molecule has 0 saturated carbocycles. The Bertz CT molecular complexity index is 1140. The van der Waals surface area contributed by atoms with E-state index in [1.807, 2.05) is 0 Å². The van der Waals surface area contributed by atoms with E-state index in [9.17, 15) is 23.3 Å². The van der Waals surface area contributed by atoms with E-state index in [-0.39, 0.29) is 17.1 Å². The van der Waals surface area contributed by atoms with Crippen molar-refractivity contribution in [2.75, 3.05) is 18.5 Å². The minimum Gasteiger partial charge on any atom is -0.450 e. The zero-order chi connectivity index (χ0) is 22.8. The van der Waals surface area contributed by atoms with Gasteiger partial charge in [-0.2, -0.15) is 5.26 Å². The molecular weight excluding hydrogens is 438 g/mol. The van der Waals surface area contributed by atoms with Gasteiger partial charge < -0.3 is 15.0 Å². The van der Waals surface area contributed by atoms with Crippen LogP contribution in [0.2, 0.25) is 0 Å². The Hall–Kier alpha value is -2.90. The van der Waals surface area contributed by atoms with Crippen molar-refractivity contribution in [2.24, 2.45) is 0 Å². The molecule has 10 heteroatoms. The normalized spacial score (nSPS) is 13.5. The summed E-state index contributed by atoms with van der Waals surface area (Å²) in [6, 6.07) is 7.87. The Morgan fingerprint density at radius 3 is 2.55 bits per heavy atom. The van der Waals surface area contributed by atoms with E-state index in [1.165, 1.54) is 35.6 Å². The number of hydrogen-bond acceptors (Lipinski definition) is 7. The molecule has 8 nitrogen and oxygen atoms in total. The number of rotatable bonds is 5. The second-order valence-corrected chi connectivity index (χ2v) is 10.9. The number of nitriles is 1. The molecule has 1 aromatic heterocycles. The molecule has 1 aliphatic heterocycles. The third kappa shape index (κ3) is 4.57. The van der Waals surface area contributed by atoms with E-state index in [0.29, 0.717) is 30.1 Å². The average molecular weight is 462 g/mol. The number of ether oxygens (including phenoxy) is 1. The SMILES string of the molecule is CCOC(=O)N1CCc2c(sc(NC(=O)c3ccc(S(=O)(=O)C(C)C)cc3)c2C#N)C1. The first-order chi connectivity index (χ1) is 14.7. The molecule has 1 N–H and O–H groups in total. The van der Waals surface area contributed by atoms with E-state index >= 15 is 0 Å². The molecule has 0 spiro atoms. The molecule has 1 aromatic carbocycles. The van der Waals surface area contributed by atoms with E-state index < -0.39 is 27.1 Å². The molecule has 0 atom stereocenters. The molecule has 1 aliphatic rings. The third-order valence-electron chi connectivity index (χ3n) is 4.99. The molecule has 0 radical (unpaired) electrons. The monoisotopic (exact) mass is 461 g/mol. The number of sulfone groups is 1. The van der Waals surface area contributed by atoms with Crippen LogP contribution in [0.3, 0.4) is 0 Å². The highest BCUT2D eigenvalue weighted by atomic mass is 32.2. The maximum Gasteiger partial charge on any atom is 0.410 e. The van der Waals surface area contributed by atoms with Crippen molar-refractivity contribution >= 4 is 38.2 Å². The lowest BCUT2D eigenvalue weighted by Gasteiger charge is -2.25. The third-order valence-corrected chi connectivity index (χ3v) is 8.29. The van der Waals surface area contributed by atoms with Gasteiger partial charge in [-0.1, -0.05) is 0 Å². The van der Waals surface area contributed by atoms with E-state index in [0.717, 1.165) is 10.4 Å². The molecule has 31 heavy (non-hydrogen) atoms. The molecule has 0 bridgehead atoms. The summed E-state index contributed by atoms with van der Waals surface area (Å²) >= 11 is 1.26. The maximum absolute atomic E-state index is 12.7. The zero-order valence-electron chi connectivity index (χ0n) is 17.5. The molecule has 2 aromatic rings. The minimum absolute atomic E-state index is 0.155. The van der Waals surface area contributed by atoms with Gasteiger partial charge in [0.15, 0.2) is 9.84 Å². The number of thiophene rings is 1. The van der Waals surface area contributed by atoms with Crippen LogP contribution in [0.5, 0.6) is 0 Å². The predicted octanol–water partition coefficient (Wildman–Crippen LogP) is 3.57. The molecule has 164 valence electrons. The molecule has 2 heterocycles. The molecule has 3 rings (SSSR count). The largest absolute Gasteiger partial charge is 0.450 e. The van der Waals surface area contributed by atoms with Gasteiger partial charge in [0.25, 0.3) is 5.91 Å². The van der Waals surface area contributed by atoms with Gasteiger partial charge in [-0.25, -0.2) is 13.2 Å². The van der Waals surface area contributed by atoms with Gasteiger partial charge in [0.1, 0.15) is 11.1 Å². The van der Waals surface area contributed by atoms with Crippen LogP contribution in [0.25, 0.3) is 0 Å². The molecule has 2 amide bonds. The van der Waals surface area contributed by atoms with Crippen LogP contribution in [-0.2, 0) is 27.5 Å². The summed E-state index contributed by atoms with van der Waals surface area (Å²) in [5, 5.41) is 12.2. The Morgan fingerprint density at radius 1 is 1.29 bits per heavy atom. The lowest BCUT2D eigenvalue weighted by Crippen LogP contribution is -2.35. The first-order valence-corrected chi connectivity index (χ1v) is 12.2. The Labute approximate surface area is 185 Å². The Kier molecular flexibility index (Phi) is 6.67. The second kappa shape index (κ2) is 9.08. The van der Waals surface area contributed by atoms with Crippen molar-refractivity contribution in [3.8, 4) is 6.07 Å². The van der Waals surface area contributed by atoms with Crippen LogP contribution in [-0.4, -0.2) is 43.7 Å². The number of benzene rings is 1. The lowest BCUT2D eigenvalue weighted by molar-refractivity contribution is 0.102. The second-order valence-electron chi connectivity index (χ2n) is 7.26. The van der Waals surface area contributed by atoms with Gasteiger partial charge in [-0.05, 0) is 57.0 Å². The smallest absolute Gasteiger partial charge is 0.410 e. The fourth-order valence-electron chi connectivity index (χ4n) is 3.22. The van der Waals surface area contributed by atoms with Crippen LogP contribution in [0.15, 0.2) is 29.2 Å². The van der Waals surface area contributed by atoms with Gasteiger partial charge in [0.2, 0.25) is 0 Å². The van der Waals surface area contributed by atoms with Crippen molar-refractivity contribution in [3.63, 3.8) is 0 Å². The number of anilines is 1. The fraction of sp³-hybridized carbons (Fsp3) is 0.381. The zero-order valence-corrected chi connectivity index (χ0v) is 19.1. The number of nitrogens with one attached hydrogen (secondary N) is 1. The Morgan fingerprint density at radius 2 is 1.97 bits per heavy atom. The standard InChI is InChI=1S/C21H23N3O5S2/c1-4-29-21(26)24-10-9-16-17(11-22)20(30-18(16)12-24)23-19(25)14-5-7-15(8-6-14)31(27,28)13(2)3/h5-8,13H,4,9-10,12H2,1-3H3,(H,23,25). The van der Waals surface area contributed by atoms with Gasteiger partial charge in [-0.15, -0.1) is 11.3 Å². The number of fused-ring (bicyclic) bond motifs is 1. The van der Waals surface area contributed by atoms with Crippen LogP contribution in [0, 0.1) is 11.3 Å². The summed E-state index contributed by atoms with van der Waals surface area (Å²) in [6.07, 6.45) is 0.104. The van der Waals surface area contributed by atoms with Gasteiger partial charge in [0, 0.05) is 17.0 Å². The summed E-state index contributed by atoms with van der Waals surface area (Å²) in [6.45, 7) is 5.99. The van der Waals surface area contributed by atoms with Crippen molar-refractivity contribution in [2.45, 2.75) is 43.9 Å². The first-order valence-electron chi connectivity index (χ1n) is 9.80. The molecule has 0 aliphatic carbocycles. The van der Waals surface area contributed by atoms with Gasteiger partial charge in [-0.3, -0.25) is 4.79 Å². The van der Waals surface area contributed by atoms with Gasteiger partial charge >= 0.3 is 6.09 Å². The average Bonchev–Trinajstić information content (AvgIpc) is 3.09. The van der Waals surface area contributed by atoms with Crippen molar-refractivity contribution in [3.05, 3.63) is 45.8 Å². The van der Waals surface area contributed by atoms with Crippen LogP contribution >= 0.6 is 11.3 Å². The number of amides is 2. The summed E-state index contributed by atoms with van der Waals surface area (Å²) in [7, 11) is -3.42. The number of carbonyl (C=O) groups excluding carboxylic acids is 2. The topological polar surface area (TPSA) is 117 Å². The summed E-state index contributed by atoms with van der Waals surface area (Å²) in [4.78, 5) is 27.3. The Balaban J connectivity index is 1.80. The number of nitrogens with zero attached hydrogens (tertiary/aromatic N) is 2. The summed E-state index contributed by atoms with van der Waals surface area (Å²) in [5.74, 6) is -0.439. The molecule has 0 saturated heterocycles. The minimum atomic E-state index is -3.42. The van der Waals surface area contributed by atoms with Crippen LogP contribution in [0.4, 0.5) is 9.80 Å². The molecule has 0 unspecified atom stereocenters. The summed E-state index contributed by atoms with van der Waals surface area (Å²) < 4.78 is 29.5. The van der Waals surface area contributed by atoms with Crippen molar-refractivity contribution in [1.29, 1.82) is 5.26 Å². The highest BCUT2D eigenvalue weighted by Gasteiger charge is 2.28. The molecular formula is C21H23N3O5S2. The lowest BCUT2D eigenvalue weighted by atomic mass is 10.0. The van der Waals surface area contributed by atoms with Crippen molar-refractivity contribution < 1.29 is 22.7 Å². The van der Waals surface area contributed by atoms with E-state index in [4.69, 9.17) is 4.74 Å². The first kappa shape index (κ1) is 22.8. The fourth-order valence-corrected chi connectivity index (χ4v) is 5.49. The quantitative estimate of drug-likeness (QED) is 0.728. The van der Waals surface area contributed by atoms with E-state index in [1.54, 1.807) is 25.7 Å². The highest BCUT2D eigenvalue weighted by molar-refractivity contribution is 7.92. The van der Waals surface area contributed by atoms with E-state index in [2.05, 4.69) is 11.4 Å². The van der Waals surface area contributed by atoms with Crippen LogP contribution < -0.4 is 5.32 Å². The van der Waals surface area contributed by atoms with Crippen molar-refractivity contribution in [1.82, 2.24) is 4.90 Å². The summed E-state index contributed by atoms with van der Waals surface area (Å²) in [5.41, 5.74) is 1.52. The van der Waals surface area contributed by atoms with Crippen LogP contribution in [0.1, 0.15) is 47.1 Å². The predicted molar refractivity (Wildman–Crippen MR) is 117 cm³/mol. The maximum atomic E-state index is 12.7. The highest BCUT2D eigenvalue weighted by Crippen LogP contribution is 2.37. The molecule has 0 fully saturated rings. The number of hydrogen-bond donors (Lipinski definition) is 1. The van der Waals surface area contributed by atoms with Gasteiger partial charge in [0.05, 0.1) is 28.9 Å². The number of carbonyl (C=O) groups is 2.